The third-order valence-electron chi connectivity index (χ3n) is 6.08. The molecule has 0 aliphatic rings. The SMILES string of the molecule is C[C@@H](N(C)C(=O)c1cn2c(n1)sc1ccccc12)[C@](O)(Cn1cncn1)c1ccc(F)cc1F. The number of halogens is 2. The molecule has 0 bridgehead atoms. The summed E-state index contributed by atoms with van der Waals surface area (Å²) in [6, 6.07) is 9.76. The minimum Gasteiger partial charge on any atom is -0.381 e. The molecule has 174 valence electrons. The fourth-order valence-electron chi connectivity index (χ4n) is 4.07. The summed E-state index contributed by atoms with van der Waals surface area (Å²) in [4.78, 5) is 23.7. The van der Waals surface area contributed by atoms with E-state index in [4.69, 9.17) is 0 Å². The highest BCUT2D eigenvalue weighted by molar-refractivity contribution is 7.23. The van der Waals surface area contributed by atoms with Gasteiger partial charge in [0.05, 0.1) is 22.8 Å². The van der Waals surface area contributed by atoms with Crippen LogP contribution in [0.1, 0.15) is 23.0 Å². The Morgan fingerprint density at radius 3 is 2.79 bits per heavy atom. The average Bonchev–Trinajstić information content (AvgIpc) is 3.54. The number of likely N-dealkylation sites (N-methyl/N-ethyl adjacent to an activating group) is 1. The molecule has 34 heavy (non-hydrogen) atoms. The number of aliphatic hydroxyl groups is 1. The summed E-state index contributed by atoms with van der Waals surface area (Å²) in [5.41, 5.74) is -0.983. The van der Waals surface area contributed by atoms with Crippen LogP contribution in [0, 0.1) is 11.6 Å². The predicted molar refractivity (Wildman–Crippen MR) is 122 cm³/mol. The number of hydrogen-bond donors (Lipinski definition) is 1. The van der Waals surface area contributed by atoms with Gasteiger partial charge in [0, 0.05) is 24.9 Å². The Morgan fingerprint density at radius 1 is 1.26 bits per heavy atom. The van der Waals surface area contributed by atoms with E-state index in [2.05, 4.69) is 15.1 Å². The van der Waals surface area contributed by atoms with E-state index in [0.29, 0.717) is 11.0 Å². The molecule has 0 aliphatic carbocycles. The van der Waals surface area contributed by atoms with E-state index in [0.717, 1.165) is 16.3 Å². The van der Waals surface area contributed by atoms with Gasteiger partial charge in [-0.15, -0.1) is 0 Å². The number of hydrogen-bond acceptors (Lipinski definition) is 6. The lowest BCUT2D eigenvalue weighted by molar-refractivity contribution is -0.0501. The van der Waals surface area contributed by atoms with Crippen molar-refractivity contribution in [3.05, 3.63) is 84.2 Å². The van der Waals surface area contributed by atoms with Crippen LogP contribution >= 0.6 is 11.3 Å². The molecule has 0 saturated carbocycles. The molecule has 1 N–H and O–H groups in total. The van der Waals surface area contributed by atoms with Crippen LogP contribution in [-0.4, -0.2) is 53.2 Å². The Hall–Kier alpha value is -3.70. The molecule has 3 aromatic heterocycles. The smallest absolute Gasteiger partial charge is 0.274 e. The van der Waals surface area contributed by atoms with Crippen molar-refractivity contribution in [3.63, 3.8) is 0 Å². The van der Waals surface area contributed by atoms with Crippen LogP contribution < -0.4 is 0 Å². The van der Waals surface area contributed by atoms with Crippen LogP contribution in [0.5, 0.6) is 0 Å². The molecule has 3 heterocycles. The van der Waals surface area contributed by atoms with Gasteiger partial charge in [0.25, 0.3) is 5.91 Å². The molecule has 0 spiro atoms. The van der Waals surface area contributed by atoms with E-state index in [1.54, 1.807) is 13.1 Å². The first kappa shape index (κ1) is 22.1. The number of amides is 1. The van der Waals surface area contributed by atoms with E-state index in [1.807, 2.05) is 28.7 Å². The number of benzene rings is 2. The number of thiazole rings is 1. The van der Waals surface area contributed by atoms with Gasteiger partial charge < -0.3 is 10.0 Å². The van der Waals surface area contributed by atoms with Crippen LogP contribution in [-0.2, 0) is 12.1 Å². The zero-order chi connectivity index (χ0) is 24.0. The minimum atomic E-state index is -1.94. The van der Waals surface area contributed by atoms with Crippen LogP contribution in [0.3, 0.4) is 0 Å². The topological polar surface area (TPSA) is 88.5 Å². The molecule has 2 aromatic carbocycles. The van der Waals surface area contributed by atoms with E-state index in [9.17, 15) is 18.7 Å². The molecule has 11 heteroatoms. The van der Waals surface area contributed by atoms with Crippen LogP contribution in [0.4, 0.5) is 8.78 Å². The Bertz CT molecular complexity index is 1500. The number of aromatic nitrogens is 5. The van der Waals surface area contributed by atoms with Gasteiger partial charge in [0.15, 0.2) is 4.96 Å². The van der Waals surface area contributed by atoms with Crippen molar-refractivity contribution in [3.8, 4) is 0 Å². The molecule has 5 rings (SSSR count). The van der Waals surface area contributed by atoms with Gasteiger partial charge in [-0.05, 0) is 25.1 Å². The highest BCUT2D eigenvalue weighted by Crippen LogP contribution is 2.33. The number of carbonyl (C=O) groups excluding carboxylic acids is 1. The lowest BCUT2D eigenvalue weighted by Gasteiger charge is -2.39. The minimum absolute atomic E-state index is 0.159. The molecule has 5 aromatic rings. The van der Waals surface area contributed by atoms with E-state index >= 15 is 0 Å². The molecule has 0 unspecified atom stereocenters. The summed E-state index contributed by atoms with van der Waals surface area (Å²) in [7, 11) is 1.51. The summed E-state index contributed by atoms with van der Waals surface area (Å²) in [6.45, 7) is 1.38. The van der Waals surface area contributed by atoms with Crippen LogP contribution in [0.2, 0.25) is 0 Å². The molecule has 0 saturated heterocycles. The Morgan fingerprint density at radius 2 is 2.06 bits per heavy atom. The highest BCUT2D eigenvalue weighted by Gasteiger charge is 2.43. The number of nitrogens with zero attached hydrogens (tertiary/aromatic N) is 6. The molecule has 0 aliphatic heterocycles. The molecular formula is C23H20F2N6O2S. The van der Waals surface area contributed by atoms with Gasteiger partial charge in [-0.3, -0.25) is 9.20 Å². The summed E-state index contributed by atoms with van der Waals surface area (Å²) >= 11 is 1.46. The highest BCUT2D eigenvalue weighted by atomic mass is 32.1. The normalized spacial score (nSPS) is 14.4. The molecular weight excluding hydrogens is 462 g/mol. The molecule has 0 fully saturated rings. The van der Waals surface area contributed by atoms with Crippen molar-refractivity contribution in [1.29, 1.82) is 0 Å². The predicted octanol–water partition coefficient (Wildman–Crippen LogP) is 3.47. The van der Waals surface area contributed by atoms with Crippen molar-refractivity contribution in [2.24, 2.45) is 0 Å². The fraction of sp³-hybridized carbons (Fsp3) is 0.217. The lowest BCUT2D eigenvalue weighted by Crippen LogP contribution is -2.52. The summed E-state index contributed by atoms with van der Waals surface area (Å²) in [5, 5.41) is 15.7. The lowest BCUT2D eigenvalue weighted by atomic mass is 9.85. The zero-order valence-corrected chi connectivity index (χ0v) is 19.1. The summed E-state index contributed by atoms with van der Waals surface area (Å²) in [6.07, 6.45) is 4.30. The number of imidazole rings is 1. The number of fused-ring (bicyclic) bond motifs is 3. The quantitative estimate of drug-likeness (QED) is 0.400. The summed E-state index contributed by atoms with van der Waals surface area (Å²) in [5.74, 6) is -2.15. The molecule has 0 radical (unpaired) electrons. The van der Waals surface area contributed by atoms with Gasteiger partial charge >= 0.3 is 0 Å². The fourth-order valence-corrected chi connectivity index (χ4v) is 5.08. The van der Waals surface area contributed by atoms with Gasteiger partial charge in [0.1, 0.15) is 35.6 Å². The first-order valence-electron chi connectivity index (χ1n) is 10.4. The Labute approximate surface area is 196 Å². The Kier molecular flexibility index (Phi) is 5.37. The van der Waals surface area contributed by atoms with E-state index < -0.39 is 29.2 Å². The van der Waals surface area contributed by atoms with Gasteiger partial charge in [-0.25, -0.2) is 23.4 Å². The first-order chi connectivity index (χ1) is 16.3. The van der Waals surface area contributed by atoms with Crippen molar-refractivity contribution in [1.82, 2.24) is 29.0 Å². The van der Waals surface area contributed by atoms with Gasteiger partial charge in [-0.1, -0.05) is 29.5 Å². The van der Waals surface area contributed by atoms with Crippen LogP contribution in [0.15, 0.2) is 61.3 Å². The average molecular weight is 483 g/mol. The van der Waals surface area contributed by atoms with Crippen molar-refractivity contribution in [2.45, 2.75) is 25.1 Å². The molecule has 1 amide bonds. The van der Waals surface area contributed by atoms with E-state index in [1.165, 1.54) is 46.7 Å². The second-order valence-corrected chi connectivity index (χ2v) is 9.09. The maximum absolute atomic E-state index is 14.8. The molecule has 8 nitrogen and oxygen atoms in total. The number of carbonyl (C=O) groups is 1. The van der Waals surface area contributed by atoms with Crippen molar-refractivity contribution >= 4 is 32.4 Å². The second kappa shape index (κ2) is 8.26. The number of rotatable bonds is 6. The Balaban J connectivity index is 1.51. The second-order valence-electron chi connectivity index (χ2n) is 8.08. The third-order valence-corrected chi connectivity index (χ3v) is 7.11. The first-order valence-corrected chi connectivity index (χ1v) is 11.2. The molecule has 2 atom stereocenters. The largest absolute Gasteiger partial charge is 0.381 e. The monoisotopic (exact) mass is 482 g/mol. The maximum atomic E-state index is 14.8. The third kappa shape index (κ3) is 3.62. The van der Waals surface area contributed by atoms with Crippen molar-refractivity contribution < 1.29 is 18.7 Å². The van der Waals surface area contributed by atoms with Gasteiger partial charge in [0.2, 0.25) is 0 Å². The van der Waals surface area contributed by atoms with Crippen molar-refractivity contribution in [2.75, 3.05) is 7.05 Å². The van der Waals surface area contributed by atoms with Gasteiger partial charge in [-0.2, -0.15) is 5.10 Å². The maximum Gasteiger partial charge on any atom is 0.274 e. The number of para-hydroxylation sites is 1. The van der Waals surface area contributed by atoms with E-state index in [-0.39, 0.29) is 17.8 Å². The standard InChI is InChI=1S/C23H20F2N6O2S/c1-14(23(33,11-30-13-26-12-27-30)16-8-7-15(24)9-17(16)25)29(2)21(32)18-10-31-19-5-3-4-6-20(19)34-22(31)28-18/h3-10,12-14,33H,11H2,1-2H3/t14-,23-/m1/s1. The summed E-state index contributed by atoms with van der Waals surface area (Å²) < 4.78 is 32.6. The zero-order valence-electron chi connectivity index (χ0n) is 18.3. The van der Waals surface area contributed by atoms with Crippen LogP contribution in [0.25, 0.3) is 15.2 Å².